The van der Waals surface area contributed by atoms with Crippen molar-refractivity contribution in [3.05, 3.63) is 6.92 Å². The molecule has 0 aromatic heterocycles. The van der Waals surface area contributed by atoms with Crippen molar-refractivity contribution in [2.75, 3.05) is 19.6 Å². The summed E-state index contributed by atoms with van der Waals surface area (Å²) < 4.78 is 0. The molecule has 1 radical (unpaired) electrons. The lowest BCUT2D eigenvalue weighted by Gasteiger charge is -2.22. The predicted octanol–water partition coefficient (Wildman–Crippen LogP) is -0.659. The number of hydrogen-bond donors (Lipinski definition) is 2. The first kappa shape index (κ1) is 7.69. The topological polar surface area (TPSA) is 41.1 Å². The van der Waals surface area contributed by atoms with Crippen LogP contribution in [0.3, 0.4) is 0 Å². The lowest BCUT2D eigenvalue weighted by atomic mass is 10.1. The van der Waals surface area contributed by atoms with Gasteiger partial charge in [0.1, 0.15) is 0 Å². The zero-order chi connectivity index (χ0) is 7.40. The van der Waals surface area contributed by atoms with Crippen LogP contribution in [0.1, 0.15) is 6.42 Å². The zero-order valence-corrected chi connectivity index (χ0v) is 6.02. The quantitative estimate of drug-likeness (QED) is 0.536. The van der Waals surface area contributed by atoms with Gasteiger partial charge in [-0.1, -0.05) is 0 Å². The van der Waals surface area contributed by atoms with Crippen LogP contribution in [0.25, 0.3) is 0 Å². The summed E-state index contributed by atoms with van der Waals surface area (Å²) in [4.78, 5) is 11.0. The number of nitrogens with one attached hydrogen (secondary N) is 2. The van der Waals surface area contributed by atoms with Crippen LogP contribution in [0.15, 0.2) is 0 Å². The number of carbonyl (C=O) groups is 1. The number of piperazine rings is 1. The third-order valence-electron chi connectivity index (χ3n) is 1.68. The van der Waals surface area contributed by atoms with Gasteiger partial charge in [0.25, 0.3) is 0 Å². The van der Waals surface area contributed by atoms with Crippen LogP contribution >= 0.6 is 0 Å². The van der Waals surface area contributed by atoms with Gasteiger partial charge in [-0.25, -0.2) is 0 Å². The Labute approximate surface area is 61.2 Å². The van der Waals surface area contributed by atoms with E-state index in [-0.39, 0.29) is 11.8 Å². The molecule has 1 heterocycles. The van der Waals surface area contributed by atoms with E-state index in [0.29, 0.717) is 6.42 Å². The zero-order valence-electron chi connectivity index (χ0n) is 6.02. The van der Waals surface area contributed by atoms with E-state index < -0.39 is 0 Å². The van der Waals surface area contributed by atoms with Crippen LogP contribution < -0.4 is 10.6 Å². The van der Waals surface area contributed by atoms with Gasteiger partial charge in [-0.15, -0.1) is 0 Å². The predicted molar refractivity (Wildman–Crippen MR) is 39.6 cm³/mol. The van der Waals surface area contributed by atoms with Crippen molar-refractivity contribution in [1.29, 1.82) is 0 Å². The van der Waals surface area contributed by atoms with Gasteiger partial charge in [-0.05, 0) is 6.92 Å². The van der Waals surface area contributed by atoms with Crippen molar-refractivity contribution in [2.45, 2.75) is 12.5 Å². The highest BCUT2D eigenvalue weighted by molar-refractivity contribution is 5.84. The second-order valence-electron chi connectivity index (χ2n) is 2.43. The summed E-state index contributed by atoms with van der Waals surface area (Å²) >= 11 is 0. The number of carbonyl (C=O) groups excluding carboxylic acids is 1. The molecular weight excluding hydrogens is 128 g/mol. The van der Waals surface area contributed by atoms with Crippen molar-refractivity contribution in [2.24, 2.45) is 0 Å². The molecular formula is C7H13N2O. The molecule has 1 rings (SSSR count). The standard InChI is InChI=1S/C7H13N2O/c1-2-7(10)6-5-8-3-4-9-6/h6,8-9H,1-5H2. The Morgan fingerprint density at radius 2 is 2.40 bits per heavy atom. The molecule has 1 atom stereocenters. The van der Waals surface area contributed by atoms with Gasteiger partial charge in [-0.2, -0.15) is 0 Å². The average molecular weight is 141 g/mol. The van der Waals surface area contributed by atoms with Gasteiger partial charge >= 0.3 is 0 Å². The third kappa shape index (κ3) is 1.78. The Hall–Kier alpha value is -0.410. The molecule has 0 amide bonds. The number of hydrogen-bond acceptors (Lipinski definition) is 3. The van der Waals surface area contributed by atoms with Crippen molar-refractivity contribution >= 4 is 5.78 Å². The Balaban J connectivity index is 2.31. The Morgan fingerprint density at radius 3 is 2.90 bits per heavy atom. The minimum Gasteiger partial charge on any atom is -0.313 e. The van der Waals surface area contributed by atoms with Crippen molar-refractivity contribution in [3.63, 3.8) is 0 Å². The van der Waals surface area contributed by atoms with Crippen molar-refractivity contribution < 1.29 is 4.79 Å². The summed E-state index contributed by atoms with van der Waals surface area (Å²) in [5.41, 5.74) is 0. The maximum absolute atomic E-state index is 11.0. The fraction of sp³-hybridized carbons (Fsp3) is 0.714. The van der Waals surface area contributed by atoms with Crippen LogP contribution in [0.4, 0.5) is 0 Å². The highest BCUT2D eigenvalue weighted by Crippen LogP contribution is 1.92. The Bertz CT molecular complexity index is 119. The summed E-state index contributed by atoms with van der Waals surface area (Å²) in [7, 11) is 0. The first-order valence-electron chi connectivity index (χ1n) is 3.60. The van der Waals surface area contributed by atoms with E-state index in [2.05, 4.69) is 17.6 Å². The van der Waals surface area contributed by atoms with Crippen molar-refractivity contribution in [1.82, 2.24) is 10.6 Å². The minimum atomic E-state index is 0.00579. The lowest BCUT2D eigenvalue weighted by molar-refractivity contribution is -0.120. The first-order valence-corrected chi connectivity index (χ1v) is 3.60. The maximum atomic E-state index is 11.0. The minimum absolute atomic E-state index is 0.00579. The molecule has 2 N–H and O–H groups in total. The number of Topliss-reactive ketones (excluding diaryl/α,β-unsaturated/α-hetero) is 1. The van der Waals surface area contributed by atoms with Crippen LogP contribution in [-0.2, 0) is 4.79 Å². The fourth-order valence-electron chi connectivity index (χ4n) is 1.06. The highest BCUT2D eigenvalue weighted by Gasteiger charge is 2.17. The SMILES string of the molecule is [CH2]CC(=O)C1CNCCN1. The van der Waals surface area contributed by atoms with E-state index in [9.17, 15) is 4.79 Å². The van der Waals surface area contributed by atoms with Gasteiger partial charge in [0.2, 0.25) is 0 Å². The first-order chi connectivity index (χ1) is 4.84. The molecule has 0 spiro atoms. The molecule has 1 aliphatic heterocycles. The van der Waals surface area contributed by atoms with E-state index in [1.165, 1.54) is 0 Å². The molecule has 3 heteroatoms. The molecule has 3 nitrogen and oxygen atoms in total. The van der Waals surface area contributed by atoms with E-state index in [1.54, 1.807) is 0 Å². The largest absolute Gasteiger partial charge is 0.313 e. The van der Waals surface area contributed by atoms with Crippen LogP contribution in [0.5, 0.6) is 0 Å². The van der Waals surface area contributed by atoms with Crippen LogP contribution in [0, 0.1) is 6.92 Å². The third-order valence-corrected chi connectivity index (χ3v) is 1.68. The van der Waals surface area contributed by atoms with E-state index in [1.807, 2.05) is 0 Å². The molecule has 0 aromatic rings. The highest BCUT2D eigenvalue weighted by atomic mass is 16.1. The molecule has 10 heavy (non-hydrogen) atoms. The normalized spacial score (nSPS) is 26.3. The molecule has 0 saturated carbocycles. The fourth-order valence-corrected chi connectivity index (χ4v) is 1.06. The van der Waals surface area contributed by atoms with Gasteiger partial charge in [0, 0.05) is 26.1 Å². The molecule has 1 unspecified atom stereocenters. The molecule has 1 fully saturated rings. The molecule has 1 saturated heterocycles. The monoisotopic (exact) mass is 141 g/mol. The van der Waals surface area contributed by atoms with Crippen molar-refractivity contribution in [3.8, 4) is 0 Å². The molecule has 0 aliphatic carbocycles. The van der Waals surface area contributed by atoms with Crippen LogP contribution in [-0.4, -0.2) is 31.5 Å². The van der Waals surface area contributed by atoms with E-state index in [0.717, 1.165) is 19.6 Å². The molecule has 1 aliphatic rings. The second-order valence-corrected chi connectivity index (χ2v) is 2.43. The van der Waals surface area contributed by atoms with Gasteiger partial charge in [0.15, 0.2) is 5.78 Å². The molecule has 57 valence electrons. The van der Waals surface area contributed by atoms with Gasteiger partial charge in [-0.3, -0.25) is 4.79 Å². The smallest absolute Gasteiger partial charge is 0.151 e. The maximum Gasteiger partial charge on any atom is 0.151 e. The molecule has 0 bridgehead atoms. The summed E-state index contributed by atoms with van der Waals surface area (Å²) in [5.74, 6) is 0.201. The Kier molecular flexibility index (Phi) is 2.83. The summed E-state index contributed by atoms with van der Waals surface area (Å²) in [6, 6.07) is 0.00579. The average Bonchev–Trinajstić information content (AvgIpc) is 2.05. The number of ketones is 1. The van der Waals surface area contributed by atoms with E-state index in [4.69, 9.17) is 0 Å². The Morgan fingerprint density at radius 1 is 1.60 bits per heavy atom. The summed E-state index contributed by atoms with van der Waals surface area (Å²) in [5, 5.41) is 6.26. The summed E-state index contributed by atoms with van der Waals surface area (Å²) in [6.07, 6.45) is 0.388. The number of rotatable bonds is 2. The molecule has 0 aromatic carbocycles. The summed E-state index contributed by atoms with van der Waals surface area (Å²) in [6.45, 7) is 6.15. The van der Waals surface area contributed by atoms with Gasteiger partial charge < -0.3 is 10.6 Å². The lowest BCUT2D eigenvalue weighted by Crippen LogP contribution is -2.52. The van der Waals surface area contributed by atoms with E-state index >= 15 is 0 Å². The van der Waals surface area contributed by atoms with Crippen LogP contribution in [0.2, 0.25) is 0 Å². The van der Waals surface area contributed by atoms with Gasteiger partial charge in [0.05, 0.1) is 6.04 Å². The second kappa shape index (κ2) is 3.68.